The number of thiocarbonyl (C=S) groups is 1. The van der Waals surface area contributed by atoms with Gasteiger partial charge in [-0.2, -0.15) is 10.1 Å². The molecule has 2 aromatic carbocycles. The van der Waals surface area contributed by atoms with Gasteiger partial charge in [-0.15, -0.1) is 0 Å². The summed E-state index contributed by atoms with van der Waals surface area (Å²) >= 11 is 6.65. The second-order valence-electron chi connectivity index (χ2n) is 6.46. The van der Waals surface area contributed by atoms with Crippen molar-refractivity contribution in [2.75, 3.05) is 0 Å². The summed E-state index contributed by atoms with van der Waals surface area (Å²) in [6.07, 6.45) is 3.60. The van der Waals surface area contributed by atoms with E-state index in [-0.39, 0.29) is 5.91 Å². The first-order valence-corrected chi connectivity index (χ1v) is 9.54. The van der Waals surface area contributed by atoms with Gasteiger partial charge in [0.15, 0.2) is 4.32 Å². The van der Waals surface area contributed by atoms with Gasteiger partial charge in [0.25, 0.3) is 5.91 Å². The first kappa shape index (κ1) is 18.5. The summed E-state index contributed by atoms with van der Waals surface area (Å²) in [5.74, 6) is -0.178. The van der Waals surface area contributed by atoms with E-state index < -0.39 is 0 Å². The second-order valence-corrected chi connectivity index (χ2v) is 8.13. The van der Waals surface area contributed by atoms with Gasteiger partial charge in [0.05, 0.1) is 11.1 Å². The van der Waals surface area contributed by atoms with E-state index in [0.717, 1.165) is 33.4 Å². The Morgan fingerprint density at radius 1 is 0.962 bits per heavy atom. The van der Waals surface area contributed by atoms with E-state index in [1.54, 1.807) is 6.21 Å². The summed E-state index contributed by atoms with van der Waals surface area (Å²) in [5.41, 5.74) is 6.56. The highest BCUT2D eigenvalue weighted by molar-refractivity contribution is 8.26. The molecule has 1 amide bonds. The van der Waals surface area contributed by atoms with Gasteiger partial charge in [0, 0.05) is 0 Å². The Bertz CT molecular complexity index is 960. The Kier molecular flexibility index (Phi) is 5.39. The van der Waals surface area contributed by atoms with Crippen molar-refractivity contribution in [3.8, 4) is 0 Å². The van der Waals surface area contributed by atoms with Gasteiger partial charge in [-0.3, -0.25) is 4.79 Å². The van der Waals surface area contributed by atoms with Gasteiger partial charge in [-0.1, -0.05) is 59.3 Å². The average Bonchev–Trinajstić information content (AvgIpc) is 2.85. The van der Waals surface area contributed by atoms with Gasteiger partial charge < -0.3 is 0 Å². The van der Waals surface area contributed by atoms with E-state index in [1.807, 2.05) is 45.9 Å². The van der Waals surface area contributed by atoms with Crippen molar-refractivity contribution in [3.63, 3.8) is 0 Å². The fraction of sp³-hybridized carbons (Fsp3) is 0.190. The van der Waals surface area contributed by atoms with Crippen molar-refractivity contribution in [2.45, 2.75) is 27.7 Å². The van der Waals surface area contributed by atoms with Gasteiger partial charge in [-0.05, 0) is 68.2 Å². The zero-order valence-corrected chi connectivity index (χ0v) is 16.9. The quantitative estimate of drug-likeness (QED) is 0.419. The Hall–Kier alpha value is -2.24. The first-order chi connectivity index (χ1) is 12.3. The number of thioether (sulfide) groups is 1. The predicted octanol–water partition coefficient (Wildman–Crippen LogP) is 5.16. The van der Waals surface area contributed by atoms with Gasteiger partial charge in [0.2, 0.25) is 0 Å². The molecule has 0 atom stereocenters. The van der Waals surface area contributed by atoms with Crippen molar-refractivity contribution in [1.29, 1.82) is 0 Å². The molecule has 26 heavy (non-hydrogen) atoms. The fourth-order valence-electron chi connectivity index (χ4n) is 2.63. The molecule has 1 saturated heterocycles. The molecule has 3 rings (SSSR count). The van der Waals surface area contributed by atoms with Crippen molar-refractivity contribution >= 4 is 46.5 Å². The molecule has 1 heterocycles. The maximum Gasteiger partial charge on any atom is 0.286 e. The fourth-order valence-corrected chi connectivity index (χ4v) is 3.80. The third kappa shape index (κ3) is 3.94. The van der Waals surface area contributed by atoms with E-state index in [2.05, 4.69) is 29.4 Å². The van der Waals surface area contributed by atoms with Crippen LogP contribution in [0.2, 0.25) is 0 Å². The van der Waals surface area contributed by atoms with Crippen LogP contribution in [0.1, 0.15) is 33.4 Å². The number of aryl methyl sites for hydroxylation is 4. The zero-order valence-electron chi connectivity index (χ0n) is 15.2. The van der Waals surface area contributed by atoms with E-state index >= 15 is 0 Å². The number of hydrazone groups is 1. The molecule has 0 spiro atoms. The number of amides is 1. The molecule has 0 unspecified atom stereocenters. The summed E-state index contributed by atoms with van der Waals surface area (Å²) in [6.45, 7) is 8.12. The van der Waals surface area contributed by atoms with Crippen LogP contribution >= 0.6 is 24.0 Å². The Morgan fingerprint density at radius 2 is 1.54 bits per heavy atom. The maximum absolute atomic E-state index is 12.7. The third-order valence-electron chi connectivity index (χ3n) is 4.24. The van der Waals surface area contributed by atoms with Gasteiger partial charge in [-0.25, -0.2) is 0 Å². The lowest BCUT2D eigenvalue weighted by Gasteiger charge is -2.07. The van der Waals surface area contributed by atoms with Crippen LogP contribution in [0.25, 0.3) is 6.08 Å². The summed E-state index contributed by atoms with van der Waals surface area (Å²) < 4.78 is 0.452. The second kappa shape index (κ2) is 7.56. The maximum atomic E-state index is 12.7. The normalized spacial score (nSPS) is 16.3. The van der Waals surface area contributed by atoms with Crippen molar-refractivity contribution in [3.05, 3.63) is 74.7 Å². The zero-order chi connectivity index (χ0) is 18.8. The van der Waals surface area contributed by atoms with Crippen LogP contribution in [0.5, 0.6) is 0 Å². The number of rotatable bonds is 3. The summed E-state index contributed by atoms with van der Waals surface area (Å²) in [7, 11) is 0. The van der Waals surface area contributed by atoms with E-state index in [0.29, 0.717) is 9.23 Å². The van der Waals surface area contributed by atoms with Crippen molar-refractivity contribution in [1.82, 2.24) is 5.01 Å². The highest BCUT2D eigenvalue weighted by atomic mass is 32.2. The lowest BCUT2D eigenvalue weighted by atomic mass is 10.1. The Morgan fingerprint density at radius 3 is 2.19 bits per heavy atom. The largest absolute Gasteiger partial charge is 0.286 e. The average molecular weight is 381 g/mol. The van der Waals surface area contributed by atoms with Crippen molar-refractivity contribution in [2.24, 2.45) is 5.10 Å². The van der Waals surface area contributed by atoms with Crippen LogP contribution in [-0.2, 0) is 4.79 Å². The molecule has 2 aromatic rings. The lowest BCUT2D eigenvalue weighted by Crippen LogP contribution is -2.22. The molecular formula is C21H20N2OS2. The van der Waals surface area contributed by atoms with Crippen LogP contribution in [0.4, 0.5) is 0 Å². The Balaban J connectivity index is 1.87. The number of benzene rings is 2. The lowest BCUT2D eigenvalue weighted by molar-refractivity contribution is -0.122. The summed E-state index contributed by atoms with van der Waals surface area (Å²) in [6, 6.07) is 12.3. The molecule has 1 aliphatic heterocycles. The molecule has 3 nitrogen and oxygen atoms in total. The van der Waals surface area contributed by atoms with Crippen LogP contribution in [-0.4, -0.2) is 21.5 Å². The summed E-state index contributed by atoms with van der Waals surface area (Å²) in [4.78, 5) is 13.3. The molecule has 1 aliphatic rings. The minimum atomic E-state index is -0.178. The number of hydrogen-bond donors (Lipinski definition) is 0. The third-order valence-corrected chi connectivity index (χ3v) is 5.52. The molecule has 0 N–H and O–H groups in total. The molecule has 0 aliphatic carbocycles. The van der Waals surface area contributed by atoms with Crippen LogP contribution in [0.3, 0.4) is 0 Å². The molecule has 1 fully saturated rings. The predicted molar refractivity (Wildman–Crippen MR) is 114 cm³/mol. The Labute approximate surface area is 163 Å². The smallest absolute Gasteiger partial charge is 0.266 e. The topological polar surface area (TPSA) is 32.7 Å². The van der Waals surface area contributed by atoms with E-state index in [9.17, 15) is 4.79 Å². The molecule has 5 heteroatoms. The highest BCUT2D eigenvalue weighted by Crippen LogP contribution is 2.33. The van der Waals surface area contributed by atoms with E-state index in [4.69, 9.17) is 12.2 Å². The minimum Gasteiger partial charge on any atom is -0.266 e. The van der Waals surface area contributed by atoms with Crippen LogP contribution in [0.15, 0.2) is 46.4 Å². The molecule has 0 saturated carbocycles. The number of hydrogen-bond acceptors (Lipinski definition) is 4. The number of nitrogens with zero attached hydrogens (tertiary/aromatic N) is 2. The van der Waals surface area contributed by atoms with Crippen LogP contribution < -0.4 is 0 Å². The number of carbonyl (C=O) groups is 1. The van der Waals surface area contributed by atoms with Gasteiger partial charge >= 0.3 is 0 Å². The van der Waals surface area contributed by atoms with Gasteiger partial charge in [0.1, 0.15) is 0 Å². The molecule has 132 valence electrons. The van der Waals surface area contributed by atoms with E-state index in [1.165, 1.54) is 16.8 Å². The number of carbonyl (C=O) groups excluding carboxylic acids is 1. The SMILES string of the molecule is Cc1ccc(C)c(/C=N\N2C(=O)/C(=C/c3cc(C)ccc3C)SC2=S)c1. The minimum absolute atomic E-state index is 0.178. The molecule has 0 aromatic heterocycles. The molecule has 0 radical (unpaired) electrons. The monoisotopic (exact) mass is 380 g/mol. The molecular weight excluding hydrogens is 360 g/mol. The highest BCUT2D eigenvalue weighted by Gasteiger charge is 2.32. The first-order valence-electron chi connectivity index (χ1n) is 8.31. The summed E-state index contributed by atoms with van der Waals surface area (Å²) in [5, 5.41) is 5.65. The standard InChI is InChI=1S/C21H20N2OS2/c1-13-5-7-15(3)17(9-13)11-19-20(24)23(21(25)26-19)22-12-18-10-14(2)6-8-16(18)4/h5-12H,1-4H3/b19-11-,22-12-. The molecule has 0 bridgehead atoms. The van der Waals surface area contributed by atoms with Crippen LogP contribution in [0, 0.1) is 27.7 Å². The van der Waals surface area contributed by atoms with Crippen molar-refractivity contribution < 1.29 is 4.79 Å².